The zero-order valence-corrected chi connectivity index (χ0v) is 19.8. The number of ether oxygens (including phenoxy) is 2. The molecule has 1 aliphatic rings. The number of anilines is 1. The molecular weight excluding hydrogens is 476 g/mol. The van der Waals surface area contributed by atoms with Crippen LogP contribution >= 0.6 is 11.6 Å². The fraction of sp³-hybridized carbons (Fsp3) is 0.160. The van der Waals surface area contributed by atoms with Crippen LogP contribution in [0.2, 0.25) is 5.02 Å². The van der Waals surface area contributed by atoms with Crippen molar-refractivity contribution in [3.8, 4) is 23.0 Å². The fourth-order valence-corrected chi connectivity index (χ4v) is 5.02. The van der Waals surface area contributed by atoms with Crippen LogP contribution in [0.15, 0.2) is 81.1 Å². The highest BCUT2D eigenvalue weighted by Gasteiger charge is 2.30. The molecule has 0 unspecified atom stereocenters. The summed E-state index contributed by atoms with van der Waals surface area (Å²) in [7, 11) is -4.05. The van der Waals surface area contributed by atoms with Crippen LogP contribution in [-0.2, 0) is 16.4 Å². The van der Waals surface area contributed by atoms with Crippen molar-refractivity contribution in [2.45, 2.75) is 23.4 Å². The molecule has 1 aromatic heterocycles. The number of hydrogen-bond donors (Lipinski definition) is 1. The molecule has 174 valence electrons. The Labute approximate surface area is 202 Å². The van der Waals surface area contributed by atoms with Gasteiger partial charge in [-0.05, 0) is 42.8 Å². The molecule has 0 atom stereocenters. The largest absolute Gasteiger partial charge is 0.486 e. The monoisotopic (exact) mass is 496 g/mol. The molecule has 34 heavy (non-hydrogen) atoms. The van der Waals surface area contributed by atoms with Crippen molar-refractivity contribution in [1.82, 2.24) is 4.98 Å². The summed E-state index contributed by atoms with van der Waals surface area (Å²) in [4.78, 5) is 4.39. The third-order valence-corrected chi connectivity index (χ3v) is 7.22. The standard InChI is InChI=1S/C25H21ClN2O5S/c1-16-5-7-17(8-6-16)15-27-24-25(28-23(33-24)18-3-2-4-19(26)13-18)34(29,30)20-9-10-21-22(14-20)32-12-11-31-21/h2-10,13-14,27H,11-12,15H2,1H3. The summed E-state index contributed by atoms with van der Waals surface area (Å²) in [5.74, 6) is 1.07. The maximum atomic E-state index is 13.6. The predicted molar refractivity (Wildman–Crippen MR) is 128 cm³/mol. The summed E-state index contributed by atoms with van der Waals surface area (Å²) >= 11 is 6.12. The Bertz CT molecular complexity index is 1450. The Morgan fingerprint density at radius 3 is 2.50 bits per heavy atom. The average Bonchev–Trinajstić information content (AvgIpc) is 3.29. The molecule has 1 N–H and O–H groups in total. The van der Waals surface area contributed by atoms with Crippen LogP contribution in [0.5, 0.6) is 11.5 Å². The van der Waals surface area contributed by atoms with Crippen molar-refractivity contribution in [2.75, 3.05) is 18.5 Å². The fourth-order valence-electron chi connectivity index (χ4n) is 3.54. The number of halogens is 1. The third-order valence-electron chi connectivity index (χ3n) is 5.32. The number of benzene rings is 3. The summed E-state index contributed by atoms with van der Waals surface area (Å²) in [6.07, 6.45) is 0. The van der Waals surface area contributed by atoms with Crippen LogP contribution < -0.4 is 14.8 Å². The van der Waals surface area contributed by atoms with Crippen LogP contribution in [0, 0.1) is 6.92 Å². The van der Waals surface area contributed by atoms with E-state index in [1.807, 2.05) is 31.2 Å². The first kappa shape index (κ1) is 22.3. The quantitative estimate of drug-likeness (QED) is 0.376. The number of sulfone groups is 1. The number of nitrogens with one attached hydrogen (secondary N) is 1. The van der Waals surface area contributed by atoms with Crippen molar-refractivity contribution in [1.29, 1.82) is 0 Å². The van der Waals surface area contributed by atoms with Crippen LogP contribution in [0.4, 0.5) is 5.88 Å². The van der Waals surface area contributed by atoms with E-state index in [-0.39, 0.29) is 21.7 Å². The second kappa shape index (κ2) is 9.04. The van der Waals surface area contributed by atoms with Gasteiger partial charge in [-0.3, -0.25) is 0 Å². The Morgan fingerprint density at radius 1 is 0.971 bits per heavy atom. The van der Waals surface area contributed by atoms with E-state index < -0.39 is 9.84 Å². The highest BCUT2D eigenvalue weighted by molar-refractivity contribution is 7.91. The first-order chi connectivity index (χ1) is 16.4. The third kappa shape index (κ3) is 4.47. The molecule has 2 heterocycles. The van der Waals surface area contributed by atoms with Gasteiger partial charge in [-0.25, -0.2) is 8.42 Å². The smallest absolute Gasteiger partial charge is 0.234 e. The Kier molecular flexibility index (Phi) is 5.93. The van der Waals surface area contributed by atoms with Gasteiger partial charge >= 0.3 is 0 Å². The molecule has 0 amide bonds. The summed E-state index contributed by atoms with van der Waals surface area (Å²) in [6.45, 7) is 3.12. The minimum Gasteiger partial charge on any atom is -0.486 e. The van der Waals surface area contributed by atoms with E-state index in [2.05, 4.69) is 10.3 Å². The lowest BCUT2D eigenvalue weighted by atomic mass is 10.1. The zero-order chi connectivity index (χ0) is 23.7. The molecule has 0 saturated heterocycles. The molecule has 0 fully saturated rings. The van der Waals surface area contributed by atoms with Gasteiger partial charge in [0, 0.05) is 23.2 Å². The first-order valence-corrected chi connectivity index (χ1v) is 12.5. The summed E-state index contributed by atoms with van der Waals surface area (Å²) in [5.41, 5.74) is 2.66. The van der Waals surface area contributed by atoms with E-state index in [0.29, 0.717) is 41.8 Å². The summed E-state index contributed by atoms with van der Waals surface area (Å²) in [6, 6.07) is 19.3. The Balaban J connectivity index is 1.55. The molecule has 3 aromatic carbocycles. The minimum absolute atomic E-state index is 0.0288. The van der Waals surface area contributed by atoms with Crippen molar-refractivity contribution in [3.63, 3.8) is 0 Å². The van der Waals surface area contributed by atoms with Crippen LogP contribution in [-0.4, -0.2) is 26.6 Å². The van der Waals surface area contributed by atoms with Crippen molar-refractivity contribution < 1.29 is 22.3 Å². The maximum Gasteiger partial charge on any atom is 0.234 e. The Hall–Kier alpha value is -3.49. The van der Waals surface area contributed by atoms with Gasteiger partial charge in [0.2, 0.25) is 26.6 Å². The number of rotatable bonds is 6. The van der Waals surface area contributed by atoms with Crippen LogP contribution in [0.25, 0.3) is 11.5 Å². The summed E-state index contributed by atoms with van der Waals surface area (Å²) in [5, 5.41) is 3.37. The lowest BCUT2D eigenvalue weighted by Crippen LogP contribution is -2.16. The van der Waals surface area contributed by atoms with Crippen LogP contribution in [0.1, 0.15) is 11.1 Å². The SMILES string of the molecule is Cc1ccc(CNc2oc(-c3cccc(Cl)c3)nc2S(=O)(=O)c2ccc3c(c2)OCCO3)cc1. The highest BCUT2D eigenvalue weighted by atomic mass is 35.5. The van der Waals surface area contributed by atoms with Gasteiger partial charge in [0.05, 0.1) is 4.90 Å². The lowest BCUT2D eigenvalue weighted by Gasteiger charge is -2.18. The number of nitrogens with zero attached hydrogens (tertiary/aromatic N) is 1. The van der Waals surface area contributed by atoms with Gasteiger partial charge in [-0.1, -0.05) is 47.5 Å². The van der Waals surface area contributed by atoms with E-state index >= 15 is 0 Å². The van der Waals surface area contributed by atoms with Crippen molar-refractivity contribution in [2.24, 2.45) is 0 Å². The lowest BCUT2D eigenvalue weighted by molar-refractivity contribution is 0.171. The zero-order valence-electron chi connectivity index (χ0n) is 18.2. The van der Waals surface area contributed by atoms with E-state index in [9.17, 15) is 8.42 Å². The van der Waals surface area contributed by atoms with Crippen LogP contribution in [0.3, 0.4) is 0 Å². The van der Waals surface area contributed by atoms with E-state index in [1.54, 1.807) is 30.3 Å². The molecule has 7 nitrogen and oxygen atoms in total. The normalized spacial score (nSPS) is 13.0. The van der Waals surface area contributed by atoms with Crippen molar-refractivity contribution in [3.05, 3.63) is 82.9 Å². The molecule has 0 bridgehead atoms. The first-order valence-electron chi connectivity index (χ1n) is 10.6. The van der Waals surface area contributed by atoms with Gasteiger partial charge in [-0.2, -0.15) is 4.98 Å². The molecule has 0 saturated carbocycles. The highest BCUT2D eigenvalue weighted by Crippen LogP contribution is 2.37. The van der Waals surface area contributed by atoms with E-state index in [0.717, 1.165) is 11.1 Å². The van der Waals surface area contributed by atoms with Gasteiger partial charge in [-0.15, -0.1) is 0 Å². The van der Waals surface area contributed by atoms with Crippen molar-refractivity contribution >= 4 is 27.3 Å². The number of fused-ring (bicyclic) bond motifs is 1. The van der Waals surface area contributed by atoms with Gasteiger partial charge in [0.25, 0.3) is 0 Å². The second-order valence-corrected chi connectivity index (χ2v) is 10.1. The van der Waals surface area contributed by atoms with Gasteiger partial charge in [0.15, 0.2) is 11.5 Å². The second-order valence-electron chi connectivity index (χ2n) is 7.81. The van der Waals surface area contributed by atoms with E-state index in [4.69, 9.17) is 25.5 Å². The van der Waals surface area contributed by atoms with E-state index in [1.165, 1.54) is 12.1 Å². The average molecular weight is 497 g/mol. The molecule has 9 heteroatoms. The topological polar surface area (TPSA) is 90.7 Å². The Morgan fingerprint density at radius 2 is 1.74 bits per heavy atom. The minimum atomic E-state index is -4.05. The maximum absolute atomic E-state index is 13.6. The number of oxazole rings is 1. The molecular formula is C25H21ClN2O5S. The molecule has 1 aliphatic heterocycles. The summed E-state index contributed by atoms with van der Waals surface area (Å²) < 4.78 is 44.2. The number of aryl methyl sites for hydroxylation is 1. The molecule has 5 rings (SSSR count). The molecule has 4 aromatic rings. The molecule has 0 spiro atoms. The molecule has 0 radical (unpaired) electrons. The van der Waals surface area contributed by atoms with Gasteiger partial charge < -0.3 is 19.2 Å². The van der Waals surface area contributed by atoms with Gasteiger partial charge in [0.1, 0.15) is 13.2 Å². The molecule has 0 aliphatic carbocycles. The predicted octanol–water partition coefficient (Wildman–Crippen LogP) is 5.52. The number of hydrogen-bond acceptors (Lipinski definition) is 7. The number of aromatic nitrogens is 1.